The van der Waals surface area contributed by atoms with Gasteiger partial charge in [-0.2, -0.15) is 0 Å². The molecule has 0 aromatic rings. The maximum atomic E-state index is 11.3. The van der Waals surface area contributed by atoms with E-state index >= 15 is 0 Å². The molecule has 3 atom stereocenters. The Morgan fingerprint density at radius 1 is 1.31 bits per heavy atom. The molecular weight excluding hydrogens is 164 g/mol. The summed E-state index contributed by atoms with van der Waals surface area (Å²) in [4.78, 5) is 11.3. The molecule has 0 saturated heterocycles. The second-order valence-electron chi connectivity index (χ2n) is 3.91. The molecule has 0 aromatic carbocycles. The number of aliphatic hydroxyl groups is 1. The Hall–Kier alpha value is -0.370. The van der Waals surface area contributed by atoms with Crippen LogP contribution in [0.5, 0.6) is 0 Å². The molecule has 0 aliphatic rings. The Morgan fingerprint density at radius 2 is 1.85 bits per heavy atom. The number of ketones is 1. The number of hydrogen-bond donors (Lipinski definition) is 1. The predicted octanol–water partition coefficient (Wildman–Crippen LogP) is 2.40. The van der Waals surface area contributed by atoms with Crippen LogP contribution in [0.2, 0.25) is 0 Å². The van der Waals surface area contributed by atoms with E-state index in [2.05, 4.69) is 0 Å². The topological polar surface area (TPSA) is 37.3 Å². The van der Waals surface area contributed by atoms with Gasteiger partial charge >= 0.3 is 0 Å². The number of aliphatic hydroxyl groups excluding tert-OH is 1. The zero-order chi connectivity index (χ0) is 10.4. The Kier molecular flexibility index (Phi) is 5.97. The van der Waals surface area contributed by atoms with Gasteiger partial charge in [0, 0.05) is 12.3 Å². The lowest BCUT2D eigenvalue weighted by Gasteiger charge is -2.20. The molecule has 2 nitrogen and oxygen atoms in total. The molecular formula is C11H22O2. The summed E-state index contributed by atoms with van der Waals surface area (Å²) in [5.74, 6) is 0.631. The second-order valence-corrected chi connectivity index (χ2v) is 3.91. The summed E-state index contributed by atoms with van der Waals surface area (Å²) in [6, 6.07) is 0. The van der Waals surface area contributed by atoms with Crippen LogP contribution in [0.4, 0.5) is 0 Å². The van der Waals surface area contributed by atoms with Crippen molar-refractivity contribution in [3.8, 4) is 0 Å². The molecule has 0 saturated carbocycles. The highest BCUT2D eigenvalue weighted by Gasteiger charge is 2.18. The fraction of sp³-hybridized carbons (Fsp3) is 0.909. The molecule has 0 aliphatic carbocycles. The Labute approximate surface area is 81.3 Å². The van der Waals surface area contributed by atoms with Crippen molar-refractivity contribution in [3.63, 3.8) is 0 Å². The standard InChI is InChI=1S/C11H22O2/c1-5-10(12)8(3)7-9(4)11(13)6-2/h8-10,12H,5-7H2,1-4H3. The second kappa shape index (κ2) is 6.14. The largest absolute Gasteiger partial charge is 0.393 e. The third-order valence-electron chi connectivity index (χ3n) is 2.70. The Morgan fingerprint density at radius 3 is 2.23 bits per heavy atom. The minimum absolute atomic E-state index is 0.0983. The van der Waals surface area contributed by atoms with Crippen molar-refractivity contribution in [2.24, 2.45) is 11.8 Å². The molecule has 13 heavy (non-hydrogen) atoms. The molecule has 78 valence electrons. The highest BCUT2D eigenvalue weighted by Crippen LogP contribution is 2.18. The van der Waals surface area contributed by atoms with Crippen LogP contribution in [0.3, 0.4) is 0 Å². The van der Waals surface area contributed by atoms with Crippen LogP contribution in [0.1, 0.15) is 47.0 Å². The van der Waals surface area contributed by atoms with Gasteiger partial charge in [-0.3, -0.25) is 4.79 Å². The molecule has 0 bridgehead atoms. The molecule has 0 amide bonds. The van der Waals surface area contributed by atoms with Crippen LogP contribution in [0.15, 0.2) is 0 Å². The highest BCUT2D eigenvalue weighted by atomic mass is 16.3. The number of carbonyl (C=O) groups is 1. The monoisotopic (exact) mass is 186 g/mol. The smallest absolute Gasteiger partial charge is 0.135 e. The van der Waals surface area contributed by atoms with E-state index in [4.69, 9.17) is 0 Å². The zero-order valence-electron chi connectivity index (χ0n) is 9.21. The van der Waals surface area contributed by atoms with Crippen molar-refractivity contribution >= 4 is 5.78 Å². The number of rotatable bonds is 6. The summed E-state index contributed by atoms with van der Waals surface area (Å²) in [5, 5.41) is 9.52. The van der Waals surface area contributed by atoms with Crippen LogP contribution < -0.4 is 0 Å². The average molecular weight is 186 g/mol. The molecule has 0 fully saturated rings. The highest BCUT2D eigenvalue weighted by molar-refractivity contribution is 5.80. The van der Waals surface area contributed by atoms with Crippen LogP contribution in [0.25, 0.3) is 0 Å². The first kappa shape index (κ1) is 12.6. The third kappa shape index (κ3) is 4.41. The van der Waals surface area contributed by atoms with Crippen LogP contribution in [-0.2, 0) is 4.79 Å². The van der Waals surface area contributed by atoms with E-state index in [1.165, 1.54) is 0 Å². The van der Waals surface area contributed by atoms with E-state index in [1.54, 1.807) is 0 Å². The molecule has 0 aliphatic heterocycles. The van der Waals surface area contributed by atoms with Crippen molar-refractivity contribution in [1.82, 2.24) is 0 Å². The SMILES string of the molecule is CCC(=O)C(C)CC(C)C(O)CC. The van der Waals surface area contributed by atoms with E-state index in [1.807, 2.05) is 27.7 Å². The number of hydrogen-bond acceptors (Lipinski definition) is 2. The first-order chi connectivity index (χ1) is 6.02. The van der Waals surface area contributed by atoms with Crippen molar-refractivity contribution < 1.29 is 9.90 Å². The minimum Gasteiger partial charge on any atom is -0.393 e. The molecule has 0 heterocycles. The lowest BCUT2D eigenvalue weighted by atomic mass is 9.89. The van der Waals surface area contributed by atoms with Crippen molar-refractivity contribution in [1.29, 1.82) is 0 Å². The van der Waals surface area contributed by atoms with Gasteiger partial charge in [0.05, 0.1) is 6.10 Å². The lowest BCUT2D eigenvalue weighted by Crippen LogP contribution is -2.22. The summed E-state index contributed by atoms with van der Waals surface area (Å²) >= 11 is 0. The normalized spacial score (nSPS) is 17.9. The maximum Gasteiger partial charge on any atom is 0.135 e. The van der Waals surface area contributed by atoms with Gasteiger partial charge in [-0.15, -0.1) is 0 Å². The van der Waals surface area contributed by atoms with E-state index in [-0.39, 0.29) is 17.9 Å². The maximum absolute atomic E-state index is 11.3. The average Bonchev–Trinajstić information content (AvgIpc) is 2.14. The summed E-state index contributed by atoms with van der Waals surface area (Å²) in [7, 11) is 0. The summed E-state index contributed by atoms with van der Waals surface area (Å²) in [5.41, 5.74) is 0. The first-order valence-electron chi connectivity index (χ1n) is 5.23. The summed E-state index contributed by atoms with van der Waals surface area (Å²) in [6.45, 7) is 7.81. The molecule has 0 spiro atoms. The number of carbonyl (C=O) groups excluding carboxylic acids is 1. The molecule has 0 rings (SSSR count). The Balaban J connectivity index is 3.90. The summed E-state index contributed by atoms with van der Waals surface area (Å²) < 4.78 is 0. The fourth-order valence-electron chi connectivity index (χ4n) is 1.60. The van der Waals surface area contributed by atoms with Gasteiger partial charge in [0.25, 0.3) is 0 Å². The van der Waals surface area contributed by atoms with Gasteiger partial charge in [0.2, 0.25) is 0 Å². The fourth-order valence-corrected chi connectivity index (χ4v) is 1.60. The minimum atomic E-state index is -0.257. The van der Waals surface area contributed by atoms with Crippen molar-refractivity contribution in [3.05, 3.63) is 0 Å². The van der Waals surface area contributed by atoms with Crippen LogP contribution in [-0.4, -0.2) is 17.0 Å². The van der Waals surface area contributed by atoms with Gasteiger partial charge < -0.3 is 5.11 Å². The van der Waals surface area contributed by atoms with Gasteiger partial charge in [0.1, 0.15) is 5.78 Å². The molecule has 1 N–H and O–H groups in total. The predicted molar refractivity (Wildman–Crippen MR) is 54.5 cm³/mol. The quantitative estimate of drug-likeness (QED) is 0.691. The van der Waals surface area contributed by atoms with E-state index < -0.39 is 0 Å². The van der Waals surface area contributed by atoms with Crippen LogP contribution in [0, 0.1) is 11.8 Å². The molecule has 2 heteroatoms. The molecule has 0 radical (unpaired) electrons. The van der Waals surface area contributed by atoms with E-state index in [0.717, 1.165) is 12.8 Å². The summed E-state index contributed by atoms with van der Waals surface area (Å²) in [6.07, 6.45) is 1.93. The van der Waals surface area contributed by atoms with Gasteiger partial charge in [-0.25, -0.2) is 0 Å². The number of Topliss-reactive ketones (excluding diaryl/α,β-unsaturated/α-hetero) is 1. The lowest BCUT2D eigenvalue weighted by molar-refractivity contribution is -0.122. The van der Waals surface area contributed by atoms with Crippen molar-refractivity contribution in [2.45, 2.75) is 53.1 Å². The van der Waals surface area contributed by atoms with Gasteiger partial charge in [0.15, 0.2) is 0 Å². The van der Waals surface area contributed by atoms with E-state index in [9.17, 15) is 9.90 Å². The van der Waals surface area contributed by atoms with Crippen molar-refractivity contribution in [2.75, 3.05) is 0 Å². The third-order valence-corrected chi connectivity index (χ3v) is 2.70. The van der Waals surface area contributed by atoms with Gasteiger partial charge in [-0.05, 0) is 18.8 Å². The van der Waals surface area contributed by atoms with Crippen LogP contribution >= 0.6 is 0 Å². The molecule has 0 aromatic heterocycles. The van der Waals surface area contributed by atoms with Gasteiger partial charge in [-0.1, -0.05) is 27.7 Å². The first-order valence-corrected chi connectivity index (χ1v) is 5.23. The molecule has 3 unspecified atom stereocenters. The van der Waals surface area contributed by atoms with E-state index in [0.29, 0.717) is 12.2 Å². The zero-order valence-corrected chi connectivity index (χ0v) is 9.21. The Bertz CT molecular complexity index is 154.